The van der Waals surface area contributed by atoms with Gasteiger partial charge in [-0.3, -0.25) is 4.79 Å². The molecule has 0 fully saturated rings. The quantitative estimate of drug-likeness (QED) is 0.428. The van der Waals surface area contributed by atoms with Gasteiger partial charge in [0, 0.05) is 5.69 Å². The van der Waals surface area contributed by atoms with Crippen molar-refractivity contribution in [2.24, 2.45) is 10.7 Å². The Kier molecular flexibility index (Phi) is 6.49. The third kappa shape index (κ3) is 5.05. The van der Waals surface area contributed by atoms with Crippen LogP contribution in [0.15, 0.2) is 71.9 Å². The number of ether oxygens (including phenoxy) is 2. The van der Waals surface area contributed by atoms with Gasteiger partial charge in [-0.05, 0) is 47.5 Å². The van der Waals surface area contributed by atoms with E-state index in [2.05, 4.69) is 15.3 Å². The molecule has 3 rings (SSSR count). The summed E-state index contributed by atoms with van der Waals surface area (Å²) in [6.45, 7) is 0. The standard InChI is InChI=1S/C22H23N5O3/c1-29-18-8-4-6-15(12-18)20(27-22(24)30-2)14-5-3-7-17(11-14)26-21(28)19-10-9-16(23)13-25-19/h3-13,20H,23H2,1-2H3,(H2,24,27)(H,26,28). The number of benzene rings is 2. The highest BCUT2D eigenvalue weighted by Gasteiger charge is 2.16. The fraction of sp³-hybridized carbons (Fsp3) is 0.136. The lowest BCUT2D eigenvalue weighted by molar-refractivity contribution is 0.102. The third-order valence-electron chi connectivity index (χ3n) is 4.35. The van der Waals surface area contributed by atoms with Gasteiger partial charge >= 0.3 is 0 Å². The second-order valence-corrected chi connectivity index (χ2v) is 6.41. The largest absolute Gasteiger partial charge is 0.497 e. The lowest BCUT2D eigenvalue weighted by Crippen LogP contribution is -2.16. The molecule has 0 radical (unpaired) electrons. The highest BCUT2D eigenvalue weighted by molar-refractivity contribution is 6.03. The first-order valence-corrected chi connectivity index (χ1v) is 9.14. The maximum Gasteiger partial charge on any atom is 0.282 e. The second kappa shape index (κ2) is 9.42. The average molecular weight is 405 g/mol. The maximum atomic E-state index is 12.5. The monoisotopic (exact) mass is 405 g/mol. The third-order valence-corrected chi connectivity index (χ3v) is 4.35. The van der Waals surface area contributed by atoms with Crippen molar-refractivity contribution in [3.05, 3.63) is 83.7 Å². The van der Waals surface area contributed by atoms with Crippen LogP contribution in [-0.2, 0) is 4.74 Å². The molecule has 1 amide bonds. The molecule has 8 heteroatoms. The van der Waals surface area contributed by atoms with Crippen molar-refractivity contribution in [2.45, 2.75) is 6.04 Å². The predicted octanol–water partition coefficient (Wildman–Crippen LogP) is 2.98. The van der Waals surface area contributed by atoms with Gasteiger partial charge in [-0.2, -0.15) is 0 Å². The number of rotatable bonds is 6. The number of nitrogens with zero attached hydrogens (tertiary/aromatic N) is 2. The van der Waals surface area contributed by atoms with Gasteiger partial charge in [0.25, 0.3) is 11.9 Å². The number of anilines is 2. The molecule has 3 aromatic rings. The summed E-state index contributed by atoms with van der Waals surface area (Å²) in [6.07, 6.45) is 1.44. The number of pyridine rings is 1. The predicted molar refractivity (Wildman–Crippen MR) is 117 cm³/mol. The molecule has 0 spiro atoms. The number of carbonyl (C=O) groups is 1. The molecular formula is C22H23N5O3. The number of hydrogen-bond acceptors (Lipinski definition) is 6. The zero-order valence-corrected chi connectivity index (χ0v) is 16.7. The van der Waals surface area contributed by atoms with E-state index in [-0.39, 0.29) is 17.6 Å². The van der Waals surface area contributed by atoms with E-state index in [0.717, 1.165) is 11.1 Å². The fourth-order valence-electron chi connectivity index (χ4n) is 2.85. The minimum Gasteiger partial charge on any atom is -0.497 e. The summed E-state index contributed by atoms with van der Waals surface area (Å²) in [4.78, 5) is 21.0. The fourth-order valence-corrected chi connectivity index (χ4v) is 2.85. The molecule has 30 heavy (non-hydrogen) atoms. The number of methoxy groups -OCH3 is 2. The van der Waals surface area contributed by atoms with E-state index in [1.165, 1.54) is 13.3 Å². The topological polar surface area (TPSA) is 125 Å². The van der Waals surface area contributed by atoms with Crippen LogP contribution in [0, 0.1) is 0 Å². The van der Waals surface area contributed by atoms with E-state index in [4.69, 9.17) is 20.9 Å². The smallest absolute Gasteiger partial charge is 0.282 e. The Morgan fingerprint density at radius 1 is 1.07 bits per heavy atom. The van der Waals surface area contributed by atoms with Gasteiger partial charge in [0.2, 0.25) is 0 Å². The molecule has 154 valence electrons. The molecule has 5 N–H and O–H groups in total. The van der Waals surface area contributed by atoms with Gasteiger partial charge < -0.3 is 26.3 Å². The van der Waals surface area contributed by atoms with Gasteiger partial charge in [0.1, 0.15) is 17.5 Å². The van der Waals surface area contributed by atoms with Crippen LogP contribution in [0.5, 0.6) is 5.75 Å². The number of aliphatic imine (C=N–C) groups is 1. The average Bonchev–Trinajstić information content (AvgIpc) is 2.77. The Morgan fingerprint density at radius 2 is 1.80 bits per heavy atom. The molecule has 2 aromatic carbocycles. The molecule has 0 saturated carbocycles. The van der Waals surface area contributed by atoms with Crippen LogP contribution >= 0.6 is 0 Å². The van der Waals surface area contributed by atoms with E-state index < -0.39 is 6.04 Å². The van der Waals surface area contributed by atoms with E-state index in [0.29, 0.717) is 17.1 Å². The number of amidine groups is 1. The van der Waals surface area contributed by atoms with E-state index >= 15 is 0 Å². The number of aromatic nitrogens is 1. The van der Waals surface area contributed by atoms with Crippen LogP contribution in [0.2, 0.25) is 0 Å². The SMILES string of the molecule is CO/C(N)=N/C(c1cccc(NC(=O)c2ccc(N)cn2)c1)c1cccc(OC)c1. The minimum absolute atomic E-state index is 0.0448. The Labute approximate surface area is 174 Å². The summed E-state index contributed by atoms with van der Waals surface area (Å²) >= 11 is 0. The van der Waals surface area contributed by atoms with Crippen molar-refractivity contribution in [1.82, 2.24) is 4.98 Å². The number of nitrogen functional groups attached to an aromatic ring is 1. The number of carbonyl (C=O) groups excluding carboxylic acids is 1. The van der Waals surface area contributed by atoms with E-state index in [1.54, 1.807) is 25.3 Å². The normalized spacial score (nSPS) is 12.1. The van der Waals surface area contributed by atoms with Gasteiger partial charge in [0.05, 0.1) is 26.1 Å². The van der Waals surface area contributed by atoms with Gasteiger partial charge in [-0.1, -0.05) is 24.3 Å². The Balaban J connectivity index is 1.92. The summed E-state index contributed by atoms with van der Waals surface area (Å²) in [6, 6.07) is 17.6. The summed E-state index contributed by atoms with van der Waals surface area (Å²) in [5, 5.41) is 2.84. The second-order valence-electron chi connectivity index (χ2n) is 6.41. The number of nitrogens with two attached hydrogens (primary N) is 2. The lowest BCUT2D eigenvalue weighted by atomic mass is 9.98. The molecule has 0 aliphatic heterocycles. The van der Waals surface area contributed by atoms with Crippen molar-refractivity contribution in [3.8, 4) is 5.75 Å². The van der Waals surface area contributed by atoms with Gasteiger partial charge in [-0.25, -0.2) is 9.98 Å². The van der Waals surface area contributed by atoms with Crippen LogP contribution in [0.1, 0.15) is 27.7 Å². The van der Waals surface area contributed by atoms with Crippen LogP contribution in [0.3, 0.4) is 0 Å². The molecular weight excluding hydrogens is 382 g/mol. The molecule has 0 bridgehead atoms. The van der Waals surface area contributed by atoms with Crippen LogP contribution < -0.4 is 21.5 Å². The summed E-state index contributed by atoms with van der Waals surface area (Å²) in [5.41, 5.74) is 14.5. The Hall–Kier alpha value is -4.07. The zero-order chi connectivity index (χ0) is 21.5. The summed E-state index contributed by atoms with van der Waals surface area (Å²) in [5.74, 6) is 0.354. The van der Waals surface area contributed by atoms with Crippen LogP contribution in [-0.4, -0.2) is 31.1 Å². The number of nitrogens with one attached hydrogen (secondary N) is 1. The Morgan fingerprint density at radius 3 is 2.47 bits per heavy atom. The van der Waals surface area contributed by atoms with Gasteiger partial charge in [-0.15, -0.1) is 0 Å². The number of amides is 1. The molecule has 0 aliphatic rings. The first-order valence-electron chi connectivity index (χ1n) is 9.14. The van der Waals surface area contributed by atoms with Crippen molar-refractivity contribution >= 4 is 23.3 Å². The van der Waals surface area contributed by atoms with Crippen LogP contribution in [0.4, 0.5) is 11.4 Å². The summed E-state index contributed by atoms with van der Waals surface area (Å²) < 4.78 is 10.4. The molecule has 0 aliphatic carbocycles. The molecule has 8 nitrogen and oxygen atoms in total. The minimum atomic E-state index is -0.452. The van der Waals surface area contributed by atoms with Crippen molar-refractivity contribution in [1.29, 1.82) is 0 Å². The summed E-state index contributed by atoms with van der Waals surface area (Å²) in [7, 11) is 3.06. The van der Waals surface area contributed by atoms with Crippen molar-refractivity contribution in [2.75, 3.05) is 25.3 Å². The van der Waals surface area contributed by atoms with Crippen molar-refractivity contribution < 1.29 is 14.3 Å². The Bertz CT molecular complexity index is 1050. The highest BCUT2D eigenvalue weighted by atomic mass is 16.5. The molecule has 1 unspecified atom stereocenters. The van der Waals surface area contributed by atoms with Crippen molar-refractivity contribution in [3.63, 3.8) is 0 Å². The van der Waals surface area contributed by atoms with Crippen LogP contribution in [0.25, 0.3) is 0 Å². The lowest BCUT2D eigenvalue weighted by Gasteiger charge is -2.16. The van der Waals surface area contributed by atoms with Gasteiger partial charge in [0.15, 0.2) is 0 Å². The molecule has 0 saturated heterocycles. The highest BCUT2D eigenvalue weighted by Crippen LogP contribution is 2.30. The van der Waals surface area contributed by atoms with E-state index in [9.17, 15) is 4.79 Å². The molecule has 1 atom stereocenters. The maximum absolute atomic E-state index is 12.5. The van der Waals surface area contributed by atoms with E-state index in [1.807, 2.05) is 42.5 Å². The zero-order valence-electron chi connectivity index (χ0n) is 16.7. The first kappa shape index (κ1) is 20.7. The molecule has 1 heterocycles. The number of hydrogen-bond donors (Lipinski definition) is 3. The molecule has 1 aromatic heterocycles. The first-order chi connectivity index (χ1) is 14.5.